The van der Waals surface area contributed by atoms with Crippen LogP contribution in [0.15, 0.2) is 36.5 Å². The summed E-state index contributed by atoms with van der Waals surface area (Å²) in [5.74, 6) is 1.34. The van der Waals surface area contributed by atoms with E-state index in [1.54, 1.807) is 0 Å². The average molecular weight is 523 g/mol. The SMILES string of the molecule is CCCCCCCCCCCCCCCCCCn1cc(CCCc2ccccc2)nc1CCCCCC. The van der Waals surface area contributed by atoms with Gasteiger partial charge in [-0.05, 0) is 37.7 Å². The number of aromatic nitrogens is 2. The standard InChI is InChI=1S/C36H62N2/c1-3-5-7-9-10-11-12-13-14-15-16-17-18-19-20-25-32-38-33-35(37-36(38)31-24-8-6-4-2)30-26-29-34-27-22-21-23-28-34/h21-23,27-28,33H,3-20,24-26,29-32H2,1-2H3. The molecule has 38 heavy (non-hydrogen) atoms. The van der Waals surface area contributed by atoms with Crippen molar-refractivity contribution in [3.63, 3.8) is 0 Å². The van der Waals surface area contributed by atoms with E-state index >= 15 is 0 Å². The second kappa shape index (κ2) is 23.3. The fraction of sp³-hybridized carbons (Fsp3) is 0.750. The highest BCUT2D eigenvalue weighted by Gasteiger charge is 2.08. The van der Waals surface area contributed by atoms with E-state index in [2.05, 4.69) is 54.9 Å². The second-order valence-corrected chi connectivity index (χ2v) is 11.8. The molecule has 2 heteroatoms. The first-order valence-electron chi connectivity index (χ1n) is 16.9. The van der Waals surface area contributed by atoms with Crippen molar-refractivity contribution >= 4 is 0 Å². The van der Waals surface area contributed by atoms with Crippen molar-refractivity contribution in [2.45, 2.75) is 174 Å². The second-order valence-electron chi connectivity index (χ2n) is 11.8. The van der Waals surface area contributed by atoms with Crippen LogP contribution in [0.3, 0.4) is 0 Å². The highest BCUT2D eigenvalue weighted by Crippen LogP contribution is 2.16. The number of imidazole rings is 1. The maximum absolute atomic E-state index is 5.09. The van der Waals surface area contributed by atoms with Crippen molar-refractivity contribution < 1.29 is 0 Å². The minimum Gasteiger partial charge on any atom is -0.335 e. The molecule has 0 saturated carbocycles. The summed E-state index contributed by atoms with van der Waals surface area (Å²) >= 11 is 0. The summed E-state index contributed by atoms with van der Waals surface area (Å²) in [5, 5.41) is 0. The van der Waals surface area contributed by atoms with E-state index in [9.17, 15) is 0 Å². The van der Waals surface area contributed by atoms with Gasteiger partial charge in [0.15, 0.2) is 0 Å². The summed E-state index contributed by atoms with van der Waals surface area (Å²) in [5.41, 5.74) is 2.75. The molecule has 216 valence electrons. The maximum Gasteiger partial charge on any atom is 0.108 e. The quantitative estimate of drug-likeness (QED) is 0.112. The van der Waals surface area contributed by atoms with Gasteiger partial charge in [0, 0.05) is 19.2 Å². The molecule has 0 radical (unpaired) electrons. The topological polar surface area (TPSA) is 17.8 Å². The normalized spacial score (nSPS) is 11.4. The number of benzene rings is 1. The van der Waals surface area contributed by atoms with E-state index in [-0.39, 0.29) is 0 Å². The van der Waals surface area contributed by atoms with E-state index in [1.165, 1.54) is 152 Å². The number of nitrogens with zero attached hydrogens (tertiary/aromatic N) is 2. The summed E-state index contributed by atoms with van der Waals surface area (Å²) in [4.78, 5) is 5.09. The molecule has 2 rings (SSSR count). The lowest BCUT2D eigenvalue weighted by Gasteiger charge is -2.08. The van der Waals surface area contributed by atoms with E-state index in [0.717, 1.165) is 25.8 Å². The smallest absolute Gasteiger partial charge is 0.108 e. The Kier molecular flexibility index (Phi) is 20.0. The molecule has 1 aromatic heterocycles. The van der Waals surface area contributed by atoms with Gasteiger partial charge in [0.2, 0.25) is 0 Å². The van der Waals surface area contributed by atoms with E-state index in [0.29, 0.717) is 0 Å². The Morgan fingerprint density at radius 3 is 1.55 bits per heavy atom. The van der Waals surface area contributed by atoms with E-state index in [1.807, 2.05) is 0 Å². The largest absolute Gasteiger partial charge is 0.335 e. The van der Waals surface area contributed by atoms with Gasteiger partial charge in [0.05, 0.1) is 5.69 Å². The van der Waals surface area contributed by atoms with Crippen molar-refractivity contribution in [1.82, 2.24) is 9.55 Å². The highest BCUT2D eigenvalue weighted by molar-refractivity contribution is 5.15. The van der Waals surface area contributed by atoms with Gasteiger partial charge in [-0.25, -0.2) is 4.98 Å². The molecule has 2 aromatic rings. The Bertz CT molecular complexity index is 763. The highest BCUT2D eigenvalue weighted by atomic mass is 15.1. The van der Waals surface area contributed by atoms with Crippen LogP contribution in [0.1, 0.15) is 166 Å². The lowest BCUT2D eigenvalue weighted by Crippen LogP contribution is -2.03. The van der Waals surface area contributed by atoms with Gasteiger partial charge in [-0.15, -0.1) is 0 Å². The molecule has 0 aliphatic carbocycles. The van der Waals surface area contributed by atoms with Gasteiger partial charge in [0.25, 0.3) is 0 Å². The first kappa shape index (κ1) is 32.6. The molecule has 1 heterocycles. The van der Waals surface area contributed by atoms with E-state index < -0.39 is 0 Å². The van der Waals surface area contributed by atoms with Crippen LogP contribution in [0.4, 0.5) is 0 Å². The van der Waals surface area contributed by atoms with Gasteiger partial charge >= 0.3 is 0 Å². The Morgan fingerprint density at radius 1 is 0.500 bits per heavy atom. The van der Waals surface area contributed by atoms with Gasteiger partial charge in [-0.3, -0.25) is 0 Å². The lowest BCUT2D eigenvalue weighted by molar-refractivity contribution is 0.515. The molecule has 0 aliphatic heterocycles. The van der Waals surface area contributed by atoms with Gasteiger partial charge in [-0.2, -0.15) is 0 Å². The van der Waals surface area contributed by atoms with Crippen LogP contribution in [0.25, 0.3) is 0 Å². The third-order valence-electron chi connectivity index (χ3n) is 8.16. The van der Waals surface area contributed by atoms with E-state index in [4.69, 9.17) is 4.98 Å². The molecular formula is C36H62N2. The molecule has 0 bridgehead atoms. The van der Waals surface area contributed by atoms with Crippen LogP contribution in [-0.4, -0.2) is 9.55 Å². The predicted molar refractivity (Wildman–Crippen MR) is 168 cm³/mol. The molecular weight excluding hydrogens is 460 g/mol. The molecule has 1 aromatic carbocycles. The Labute approximate surface area is 237 Å². The fourth-order valence-electron chi connectivity index (χ4n) is 5.69. The molecule has 0 saturated heterocycles. The number of hydrogen-bond donors (Lipinski definition) is 0. The third-order valence-corrected chi connectivity index (χ3v) is 8.16. The molecule has 0 unspecified atom stereocenters. The summed E-state index contributed by atoms with van der Waals surface area (Å²) in [7, 11) is 0. The van der Waals surface area contributed by atoms with Crippen LogP contribution in [0, 0.1) is 0 Å². The van der Waals surface area contributed by atoms with Crippen LogP contribution in [0.2, 0.25) is 0 Å². The molecule has 0 amide bonds. The third kappa shape index (κ3) is 16.4. The zero-order valence-corrected chi connectivity index (χ0v) is 25.5. The molecule has 2 nitrogen and oxygen atoms in total. The van der Waals surface area contributed by atoms with Crippen molar-refractivity contribution in [3.8, 4) is 0 Å². The monoisotopic (exact) mass is 522 g/mol. The molecule has 0 N–H and O–H groups in total. The van der Waals surface area contributed by atoms with Gasteiger partial charge in [-0.1, -0.05) is 160 Å². The van der Waals surface area contributed by atoms with Crippen LogP contribution in [0.5, 0.6) is 0 Å². The molecule has 0 atom stereocenters. The lowest BCUT2D eigenvalue weighted by atomic mass is 10.0. The van der Waals surface area contributed by atoms with Crippen LogP contribution >= 0.6 is 0 Å². The summed E-state index contributed by atoms with van der Waals surface area (Å²) in [6.45, 7) is 5.76. The maximum atomic E-state index is 5.09. The van der Waals surface area contributed by atoms with Gasteiger partial charge < -0.3 is 4.57 Å². The predicted octanol–water partition coefficient (Wildman–Crippen LogP) is 11.4. The zero-order chi connectivity index (χ0) is 26.9. The number of hydrogen-bond acceptors (Lipinski definition) is 1. The number of aryl methyl sites for hydroxylation is 4. The minimum atomic E-state index is 1.10. The van der Waals surface area contributed by atoms with Crippen molar-refractivity contribution in [3.05, 3.63) is 53.6 Å². The van der Waals surface area contributed by atoms with Crippen molar-refractivity contribution in [2.24, 2.45) is 0 Å². The first-order valence-corrected chi connectivity index (χ1v) is 16.9. The zero-order valence-electron chi connectivity index (χ0n) is 25.5. The van der Waals surface area contributed by atoms with Crippen molar-refractivity contribution in [2.75, 3.05) is 0 Å². The summed E-state index contributed by atoms with van der Waals surface area (Å²) < 4.78 is 2.51. The van der Waals surface area contributed by atoms with Gasteiger partial charge in [0.1, 0.15) is 5.82 Å². The molecule has 0 fully saturated rings. The average Bonchev–Trinajstić information content (AvgIpc) is 3.33. The Balaban J connectivity index is 1.55. The fourth-order valence-corrected chi connectivity index (χ4v) is 5.69. The summed E-state index contributed by atoms with van der Waals surface area (Å²) in [6, 6.07) is 10.9. The Hall–Kier alpha value is -1.57. The van der Waals surface area contributed by atoms with Crippen molar-refractivity contribution in [1.29, 1.82) is 0 Å². The Morgan fingerprint density at radius 2 is 1.00 bits per heavy atom. The van der Waals surface area contributed by atoms with Crippen LogP contribution in [-0.2, 0) is 25.8 Å². The molecule has 0 spiro atoms. The molecule has 0 aliphatic rings. The summed E-state index contributed by atoms with van der Waals surface area (Å²) in [6.07, 6.45) is 35.1. The number of rotatable bonds is 26. The first-order chi connectivity index (χ1) is 18.8. The minimum absolute atomic E-state index is 1.10. The number of unbranched alkanes of at least 4 members (excludes halogenated alkanes) is 18. The van der Waals surface area contributed by atoms with Crippen LogP contribution < -0.4 is 0 Å².